The number of para-hydroxylation sites is 1. The normalized spacial score (nSPS) is 11.9. The van der Waals surface area contributed by atoms with E-state index in [2.05, 4.69) is 20.0 Å². The van der Waals surface area contributed by atoms with Gasteiger partial charge in [-0.3, -0.25) is 4.40 Å². The Labute approximate surface area is 154 Å². The predicted octanol–water partition coefficient (Wildman–Crippen LogP) is 5.32. The minimum absolute atomic E-state index is 0.233. The lowest BCUT2D eigenvalue weighted by molar-refractivity contribution is -0.274. The van der Waals surface area contributed by atoms with Crippen molar-refractivity contribution in [1.29, 1.82) is 0 Å². The summed E-state index contributed by atoms with van der Waals surface area (Å²) in [5, 5.41) is 2.70. The molecule has 0 bridgehead atoms. The van der Waals surface area contributed by atoms with Crippen LogP contribution in [0, 0.1) is 5.82 Å². The van der Waals surface area contributed by atoms with E-state index in [0.29, 0.717) is 22.7 Å². The average molecular weight is 397 g/mol. The first-order valence-electron chi connectivity index (χ1n) is 7.55. The van der Waals surface area contributed by atoms with Crippen molar-refractivity contribution in [3.8, 4) is 5.75 Å². The molecule has 0 aliphatic heterocycles. The minimum atomic E-state index is -4.84. The highest BCUT2D eigenvalue weighted by atomic mass is 35.5. The number of fused-ring (bicyclic) bond motifs is 3. The fourth-order valence-electron chi connectivity index (χ4n) is 2.67. The third-order valence-corrected chi connectivity index (χ3v) is 4.01. The van der Waals surface area contributed by atoms with Crippen LogP contribution in [0.4, 0.5) is 29.1 Å². The van der Waals surface area contributed by atoms with Crippen molar-refractivity contribution in [2.45, 2.75) is 6.36 Å². The lowest BCUT2D eigenvalue weighted by Gasteiger charge is -2.13. The van der Waals surface area contributed by atoms with E-state index in [4.69, 9.17) is 11.6 Å². The number of imidazole rings is 1. The number of hydrogen-bond donors (Lipinski definition) is 1. The third kappa shape index (κ3) is 3.33. The highest BCUT2D eigenvalue weighted by Gasteiger charge is 2.32. The molecule has 4 aromatic rings. The number of rotatable bonds is 3. The molecule has 138 valence electrons. The summed E-state index contributed by atoms with van der Waals surface area (Å²) in [6.45, 7) is 0. The maximum atomic E-state index is 14.2. The van der Waals surface area contributed by atoms with Gasteiger partial charge in [0, 0.05) is 18.1 Å². The lowest BCUT2D eigenvalue weighted by Crippen LogP contribution is -2.17. The summed E-state index contributed by atoms with van der Waals surface area (Å²) >= 11 is 5.86. The van der Waals surface area contributed by atoms with Crippen LogP contribution in [0.15, 0.2) is 48.8 Å². The summed E-state index contributed by atoms with van der Waals surface area (Å²) in [6, 6.07) is 8.17. The molecule has 1 N–H and O–H groups in total. The Morgan fingerprint density at radius 2 is 1.96 bits per heavy atom. The van der Waals surface area contributed by atoms with Gasteiger partial charge in [-0.2, -0.15) is 0 Å². The minimum Gasteiger partial charge on any atom is -0.404 e. The number of hydrogen-bond acceptors (Lipinski definition) is 4. The van der Waals surface area contributed by atoms with Gasteiger partial charge in [0.15, 0.2) is 11.5 Å². The summed E-state index contributed by atoms with van der Waals surface area (Å²) in [5.41, 5.74) is 1.36. The van der Waals surface area contributed by atoms with Gasteiger partial charge in [-0.05, 0) is 30.3 Å². The average Bonchev–Trinajstić information content (AvgIpc) is 3.06. The molecule has 0 saturated carbocycles. The van der Waals surface area contributed by atoms with Crippen molar-refractivity contribution in [1.82, 2.24) is 14.4 Å². The van der Waals surface area contributed by atoms with Crippen molar-refractivity contribution in [2.75, 3.05) is 5.32 Å². The van der Waals surface area contributed by atoms with Gasteiger partial charge >= 0.3 is 6.36 Å². The van der Waals surface area contributed by atoms with Crippen molar-refractivity contribution in [3.05, 3.63) is 59.6 Å². The van der Waals surface area contributed by atoms with E-state index in [9.17, 15) is 17.6 Å². The van der Waals surface area contributed by atoms with Crippen LogP contribution in [-0.4, -0.2) is 20.7 Å². The Morgan fingerprint density at radius 1 is 1.15 bits per heavy atom. The van der Waals surface area contributed by atoms with Gasteiger partial charge in [0.05, 0.1) is 10.5 Å². The highest BCUT2D eigenvalue weighted by Crippen LogP contribution is 2.33. The Balaban J connectivity index is 1.75. The van der Waals surface area contributed by atoms with Crippen molar-refractivity contribution >= 4 is 39.8 Å². The standard InChI is InChI=1S/C17H9ClF4N4O/c18-10-8-9(4-5-13(10)27-17(20,21)22)24-15-16-23-6-7-26(16)14-11(19)2-1-3-12(14)25-15/h1-8H,(H,24,25). The number of halogens is 5. The molecule has 0 atom stereocenters. The number of alkyl halides is 3. The SMILES string of the molecule is Fc1cccc2nc(Nc3ccc(OC(F)(F)F)c(Cl)c3)c3nccn3c12. The van der Waals surface area contributed by atoms with Crippen LogP contribution in [0.2, 0.25) is 5.02 Å². The fourth-order valence-corrected chi connectivity index (χ4v) is 2.89. The van der Waals surface area contributed by atoms with Gasteiger partial charge in [-0.25, -0.2) is 14.4 Å². The number of aromatic nitrogens is 3. The summed E-state index contributed by atoms with van der Waals surface area (Å²) in [5.74, 6) is -0.681. The van der Waals surface area contributed by atoms with E-state index < -0.39 is 17.9 Å². The Kier molecular flexibility index (Phi) is 4.03. The number of nitrogens with one attached hydrogen (secondary N) is 1. The van der Waals surface area contributed by atoms with Crippen LogP contribution in [0.25, 0.3) is 16.7 Å². The number of ether oxygens (including phenoxy) is 1. The first-order valence-corrected chi connectivity index (χ1v) is 7.93. The van der Waals surface area contributed by atoms with E-state index in [1.54, 1.807) is 12.3 Å². The number of benzene rings is 2. The maximum absolute atomic E-state index is 14.2. The molecule has 0 aliphatic rings. The molecule has 2 aromatic heterocycles. The van der Waals surface area contributed by atoms with Crippen molar-refractivity contribution < 1.29 is 22.3 Å². The zero-order chi connectivity index (χ0) is 19.2. The van der Waals surface area contributed by atoms with E-state index in [-0.39, 0.29) is 10.5 Å². The molecular formula is C17H9ClF4N4O. The van der Waals surface area contributed by atoms with Gasteiger partial charge in [-0.1, -0.05) is 17.7 Å². The van der Waals surface area contributed by atoms with Crippen LogP contribution in [0.5, 0.6) is 5.75 Å². The van der Waals surface area contributed by atoms with E-state index in [0.717, 1.165) is 6.07 Å². The van der Waals surface area contributed by atoms with Gasteiger partial charge in [0.25, 0.3) is 0 Å². The number of nitrogens with zero attached hydrogens (tertiary/aromatic N) is 3. The first-order chi connectivity index (χ1) is 12.8. The monoisotopic (exact) mass is 396 g/mol. The largest absolute Gasteiger partial charge is 0.573 e. The molecule has 0 radical (unpaired) electrons. The molecule has 2 heterocycles. The van der Waals surface area contributed by atoms with Crippen LogP contribution >= 0.6 is 11.6 Å². The van der Waals surface area contributed by atoms with Crippen LogP contribution in [0.1, 0.15) is 0 Å². The molecule has 27 heavy (non-hydrogen) atoms. The highest BCUT2D eigenvalue weighted by molar-refractivity contribution is 6.32. The van der Waals surface area contributed by atoms with Gasteiger partial charge in [-0.15, -0.1) is 13.2 Å². The quantitative estimate of drug-likeness (QED) is 0.476. The Hall–Kier alpha value is -3.07. The molecule has 0 amide bonds. The predicted molar refractivity (Wildman–Crippen MR) is 91.9 cm³/mol. The summed E-state index contributed by atoms with van der Waals surface area (Å²) < 4.78 is 56.5. The molecule has 0 unspecified atom stereocenters. The van der Waals surface area contributed by atoms with Crippen LogP contribution in [0.3, 0.4) is 0 Å². The second kappa shape index (κ2) is 6.27. The molecule has 10 heteroatoms. The van der Waals surface area contributed by atoms with E-state index >= 15 is 0 Å². The second-order valence-corrected chi connectivity index (χ2v) is 5.91. The summed E-state index contributed by atoms with van der Waals surface area (Å²) in [4.78, 5) is 8.51. The smallest absolute Gasteiger partial charge is 0.404 e. The fraction of sp³-hybridized carbons (Fsp3) is 0.0588. The molecule has 0 fully saturated rings. The molecule has 0 spiro atoms. The maximum Gasteiger partial charge on any atom is 0.573 e. The van der Waals surface area contributed by atoms with Gasteiger partial charge in [0.2, 0.25) is 0 Å². The third-order valence-electron chi connectivity index (χ3n) is 3.71. The van der Waals surface area contributed by atoms with Crippen molar-refractivity contribution in [3.63, 3.8) is 0 Å². The molecule has 0 aliphatic carbocycles. The topological polar surface area (TPSA) is 51.5 Å². The van der Waals surface area contributed by atoms with E-state index in [1.807, 2.05) is 0 Å². The molecule has 0 saturated heterocycles. The van der Waals surface area contributed by atoms with Crippen LogP contribution < -0.4 is 10.1 Å². The lowest BCUT2D eigenvalue weighted by atomic mass is 10.2. The van der Waals surface area contributed by atoms with Gasteiger partial charge in [0.1, 0.15) is 17.1 Å². The Bertz CT molecular complexity index is 1160. The molecule has 2 aromatic carbocycles. The zero-order valence-electron chi connectivity index (χ0n) is 13.3. The summed E-state index contributed by atoms with van der Waals surface area (Å²) in [6.07, 6.45) is -1.77. The molecule has 4 rings (SSSR count). The van der Waals surface area contributed by atoms with E-state index in [1.165, 1.54) is 34.9 Å². The number of anilines is 2. The summed E-state index contributed by atoms with van der Waals surface area (Å²) in [7, 11) is 0. The zero-order valence-corrected chi connectivity index (χ0v) is 14.0. The van der Waals surface area contributed by atoms with Crippen LogP contribution in [-0.2, 0) is 0 Å². The molecular weight excluding hydrogens is 388 g/mol. The molecule has 5 nitrogen and oxygen atoms in total. The Morgan fingerprint density at radius 3 is 2.70 bits per heavy atom. The van der Waals surface area contributed by atoms with Gasteiger partial charge < -0.3 is 10.1 Å². The first kappa shape index (κ1) is 17.3. The second-order valence-electron chi connectivity index (χ2n) is 5.51. The van der Waals surface area contributed by atoms with Crippen molar-refractivity contribution in [2.24, 2.45) is 0 Å².